The van der Waals surface area contributed by atoms with Crippen LogP contribution in [0.1, 0.15) is 18.9 Å². The Kier molecular flexibility index (Phi) is 3.38. The van der Waals surface area contributed by atoms with Crippen LogP contribution in [0.2, 0.25) is 0 Å². The number of nitrogens with zero attached hydrogens (tertiary/aromatic N) is 8. The second-order valence-corrected chi connectivity index (χ2v) is 5.56. The molecule has 2 heterocycles. The number of rotatable bonds is 5. The molecule has 3 rings (SSSR count). The first kappa shape index (κ1) is 13.0. The monoisotopic (exact) mass is 293 g/mol. The van der Waals surface area contributed by atoms with Crippen LogP contribution in [0, 0.1) is 0 Å². The molecule has 9 nitrogen and oxygen atoms in total. The van der Waals surface area contributed by atoms with Gasteiger partial charge in [0, 0.05) is 21.1 Å². The molecule has 106 valence electrons. The van der Waals surface area contributed by atoms with Crippen LogP contribution in [0.5, 0.6) is 0 Å². The summed E-state index contributed by atoms with van der Waals surface area (Å²) >= 11 is 1.35. The fraction of sp³-hybridized carbons (Fsp3) is 0.600. The van der Waals surface area contributed by atoms with Crippen LogP contribution in [0.25, 0.3) is 0 Å². The maximum Gasteiger partial charge on any atom is 0.230 e. The standard InChI is InChI=1S/C10H15N9S/c1-11-7-12-8(18(2)3)14-9(13-7)20-10-15-16-17-19(10)6-4-5-6/h6H,4-5H2,1-3H3,(H,11,12,13,14). The first-order valence-electron chi connectivity index (χ1n) is 6.24. The van der Waals surface area contributed by atoms with E-state index in [1.165, 1.54) is 11.8 Å². The van der Waals surface area contributed by atoms with Crippen LogP contribution < -0.4 is 10.2 Å². The van der Waals surface area contributed by atoms with Gasteiger partial charge in [0.05, 0.1) is 6.04 Å². The number of tetrazole rings is 1. The second-order valence-electron chi connectivity index (χ2n) is 4.63. The van der Waals surface area contributed by atoms with Gasteiger partial charge in [0.25, 0.3) is 0 Å². The first-order valence-corrected chi connectivity index (χ1v) is 7.06. The van der Waals surface area contributed by atoms with Crippen LogP contribution in [0.4, 0.5) is 11.9 Å². The Morgan fingerprint density at radius 2 is 2.05 bits per heavy atom. The molecule has 0 aromatic carbocycles. The van der Waals surface area contributed by atoms with Crippen molar-refractivity contribution in [2.75, 3.05) is 31.4 Å². The molecule has 1 fully saturated rings. The summed E-state index contributed by atoms with van der Waals surface area (Å²) in [6.07, 6.45) is 2.25. The van der Waals surface area contributed by atoms with Crippen LogP contribution >= 0.6 is 11.8 Å². The van der Waals surface area contributed by atoms with Gasteiger partial charge in [0.2, 0.25) is 22.2 Å². The van der Waals surface area contributed by atoms with Gasteiger partial charge in [-0.1, -0.05) is 0 Å². The van der Waals surface area contributed by atoms with E-state index >= 15 is 0 Å². The molecule has 0 aliphatic heterocycles. The summed E-state index contributed by atoms with van der Waals surface area (Å²) in [6, 6.07) is 0.423. The molecule has 0 saturated heterocycles. The van der Waals surface area contributed by atoms with Crippen molar-refractivity contribution >= 4 is 23.7 Å². The molecule has 0 radical (unpaired) electrons. The predicted molar refractivity (Wildman–Crippen MR) is 73.9 cm³/mol. The van der Waals surface area contributed by atoms with Gasteiger partial charge >= 0.3 is 0 Å². The van der Waals surface area contributed by atoms with Gasteiger partial charge in [0.1, 0.15) is 0 Å². The molecular formula is C10H15N9S. The van der Waals surface area contributed by atoms with E-state index in [9.17, 15) is 0 Å². The fourth-order valence-corrected chi connectivity index (χ4v) is 2.37. The lowest BCUT2D eigenvalue weighted by molar-refractivity contribution is 0.565. The third kappa shape index (κ3) is 2.64. The molecule has 1 aliphatic carbocycles. The van der Waals surface area contributed by atoms with Crippen molar-refractivity contribution in [1.82, 2.24) is 35.2 Å². The number of hydrogen-bond acceptors (Lipinski definition) is 9. The van der Waals surface area contributed by atoms with Gasteiger partial charge in [0.15, 0.2) is 0 Å². The van der Waals surface area contributed by atoms with Crippen LogP contribution in [0.3, 0.4) is 0 Å². The lowest BCUT2D eigenvalue weighted by atomic mass is 10.7. The number of nitrogens with one attached hydrogen (secondary N) is 1. The van der Waals surface area contributed by atoms with E-state index in [1.807, 2.05) is 23.7 Å². The third-order valence-electron chi connectivity index (χ3n) is 2.76. The highest BCUT2D eigenvalue weighted by atomic mass is 32.2. The molecule has 1 N–H and O–H groups in total. The minimum Gasteiger partial charge on any atom is -0.357 e. The van der Waals surface area contributed by atoms with Gasteiger partial charge in [-0.15, -0.1) is 5.10 Å². The molecule has 0 amide bonds. The Labute approximate surface area is 120 Å². The molecule has 10 heteroatoms. The molecule has 0 unspecified atom stereocenters. The van der Waals surface area contributed by atoms with Gasteiger partial charge < -0.3 is 10.2 Å². The highest BCUT2D eigenvalue weighted by Crippen LogP contribution is 2.37. The van der Waals surface area contributed by atoms with E-state index < -0.39 is 0 Å². The van der Waals surface area contributed by atoms with E-state index in [2.05, 4.69) is 35.8 Å². The van der Waals surface area contributed by atoms with Crippen molar-refractivity contribution in [3.8, 4) is 0 Å². The minimum absolute atomic E-state index is 0.423. The lowest BCUT2D eigenvalue weighted by Gasteiger charge is -2.11. The minimum atomic E-state index is 0.423. The summed E-state index contributed by atoms with van der Waals surface area (Å²) in [4.78, 5) is 14.8. The van der Waals surface area contributed by atoms with Crippen LogP contribution in [0.15, 0.2) is 10.3 Å². The van der Waals surface area contributed by atoms with Crippen molar-refractivity contribution in [2.45, 2.75) is 29.2 Å². The first-order chi connectivity index (χ1) is 9.67. The smallest absolute Gasteiger partial charge is 0.230 e. The molecule has 1 aliphatic rings. The highest BCUT2D eigenvalue weighted by molar-refractivity contribution is 7.99. The van der Waals surface area contributed by atoms with E-state index in [-0.39, 0.29) is 0 Å². The number of anilines is 2. The average Bonchev–Trinajstić information content (AvgIpc) is 3.19. The zero-order valence-electron chi connectivity index (χ0n) is 11.5. The van der Waals surface area contributed by atoms with E-state index in [0.717, 1.165) is 12.8 Å². The number of hydrogen-bond donors (Lipinski definition) is 1. The molecule has 0 bridgehead atoms. The van der Waals surface area contributed by atoms with E-state index in [0.29, 0.717) is 28.3 Å². The van der Waals surface area contributed by atoms with Gasteiger partial charge in [-0.3, -0.25) is 0 Å². The second kappa shape index (κ2) is 5.19. The quantitative estimate of drug-likeness (QED) is 0.842. The lowest BCUT2D eigenvalue weighted by Crippen LogP contribution is -2.15. The van der Waals surface area contributed by atoms with Crippen LogP contribution in [-0.2, 0) is 0 Å². The normalized spacial score (nSPS) is 14.3. The maximum atomic E-state index is 4.39. The molecular weight excluding hydrogens is 278 g/mol. The van der Waals surface area contributed by atoms with Crippen molar-refractivity contribution in [2.24, 2.45) is 0 Å². The van der Waals surface area contributed by atoms with Crippen molar-refractivity contribution < 1.29 is 0 Å². The van der Waals surface area contributed by atoms with Gasteiger partial charge in [-0.2, -0.15) is 15.0 Å². The van der Waals surface area contributed by atoms with E-state index in [4.69, 9.17) is 0 Å². The van der Waals surface area contributed by atoms with Crippen molar-refractivity contribution in [3.05, 3.63) is 0 Å². The van der Waals surface area contributed by atoms with Crippen molar-refractivity contribution in [1.29, 1.82) is 0 Å². The summed E-state index contributed by atoms with van der Waals surface area (Å²) in [5, 5.41) is 16.0. The average molecular weight is 293 g/mol. The molecule has 2 aromatic heterocycles. The number of aromatic nitrogens is 7. The Balaban J connectivity index is 1.89. The fourth-order valence-electron chi connectivity index (χ4n) is 1.59. The Hall–Kier alpha value is -1.97. The van der Waals surface area contributed by atoms with Crippen molar-refractivity contribution in [3.63, 3.8) is 0 Å². The van der Waals surface area contributed by atoms with E-state index in [1.54, 1.807) is 7.05 Å². The molecule has 0 atom stereocenters. The Bertz CT molecular complexity index is 607. The summed E-state index contributed by atoms with van der Waals surface area (Å²) < 4.78 is 1.84. The Morgan fingerprint density at radius 3 is 2.70 bits per heavy atom. The largest absolute Gasteiger partial charge is 0.357 e. The zero-order chi connectivity index (χ0) is 14.1. The summed E-state index contributed by atoms with van der Waals surface area (Å²) in [5.41, 5.74) is 0. The topological polar surface area (TPSA) is 97.5 Å². The molecule has 20 heavy (non-hydrogen) atoms. The molecule has 0 spiro atoms. The summed E-state index contributed by atoms with van der Waals surface area (Å²) in [6.45, 7) is 0. The van der Waals surface area contributed by atoms with Gasteiger partial charge in [-0.25, -0.2) is 4.68 Å². The highest BCUT2D eigenvalue weighted by Gasteiger charge is 2.28. The predicted octanol–water partition coefficient (Wildman–Crippen LogP) is 0.452. The maximum absolute atomic E-state index is 4.39. The zero-order valence-corrected chi connectivity index (χ0v) is 12.3. The summed E-state index contributed by atoms with van der Waals surface area (Å²) in [7, 11) is 5.55. The summed E-state index contributed by atoms with van der Waals surface area (Å²) in [5.74, 6) is 1.12. The molecule has 1 saturated carbocycles. The molecule has 2 aromatic rings. The Morgan fingerprint density at radius 1 is 1.25 bits per heavy atom. The van der Waals surface area contributed by atoms with Gasteiger partial charge in [-0.05, 0) is 35.0 Å². The van der Waals surface area contributed by atoms with Crippen LogP contribution in [-0.4, -0.2) is 56.3 Å². The third-order valence-corrected chi connectivity index (χ3v) is 3.58. The SMILES string of the molecule is CNc1nc(Sc2nnnn2C2CC2)nc(N(C)C)n1.